The standard InChI is InChI=1S/C11H8ClF2NO2/c12-5-9(16)4-8-2-1-7(6-15)3-10(8)17-11(13)14/h1-3,11H,4-5H2. The van der Waals surface area contributed by atoms with Gasteiger partial charge in [-0.25, -0.2) is 0 Å². The van der Waals surface area contributed by atoms with Crippen molar-refractivity contribution in [3.63, 3.8) is 0 Å². The molecule has 0 amide bonds. The molecule has 3 nitrogen and oxygen atoms in total. The number of benzene rings is 1. The van der Waals surface area contributed by atoms with Crippen LogP contribution < -0.4 is 4.74 Å². The minimum absolute atomic E-state index is 0.0999. The second-order valence-electron chi connectivity index (χ2n) is 3.16. The highest BCUT2D eigenvalue weighted by Gasteiger charge is 2.13. The summed E-state index contributed by atoms with van der Waals surface area (Å²) in [4.78, 5) is 11.1. The van der Waals surface area contributed by atoms with Crippen molar-refractivity contribution in [2.45, 2.75) is 13.0 Å². The molecule has 0 aliphatic carbocycles. The molecule has 0 saturated carbocycles. The highest BCUT2D eigenvalue weighted by molar-refractivity contribution is 6.27. The van der Waals surface area contributed by atoms with Gasteiger partial charge in [0.15, 0.2) is 5.78 Å². The zero-order chi connectivity index (χ0) is 12.8. The fourth-order valence-corrected chi connectivity index (χ4v) is 1.33. The third kappa shape index (κ3) is 4.00. The zero-order valence-electron chi connectivity index (χ0n) is 8.62. The van der Waals surface area contributed by atoms with Gasteiger partial charge in [-0.15, -0.1) is 11.6 Å². The average molecular weight is 260 g/mol. The normalized spacial score (nSPS) is 10.1. The van der Waals surface area contributed by atoms with Gasteiger partial charge in [-0.05, 0) is 12.1 Å². The Morgan fingerprint density at radius 3 is 2.76 bits per heavy atom. The first-order valence-electron chi connectivity index (χ1n) is 4.62. The highest BCUT2D eigenvalue weighted by atomic mass is 35.5. The van der Waals surface area contributed by atoms with Crippen LogP contribution in [0.2, 0.25) is 0 Å². The molecular weight excluding hydrogens is 252 g/mol. The number of nitrogens with zero attached hydrogens (tertiary/aromatic N) is 1. The SMILES string of the molecule is N#Cc1ccc(CC(=O)CCl)c(OC(F)F)c1. The third-order valence-electron chi connectivity index (χ3n) is 1.95. The van der Waals surface area contributed by atoms with E-state index < -0.39 is 6.61 Å². The van der Waals surface area contributed by atoms with Gasteiger partial charge in [0.1, 0.15) is 5.75 Å². The van der Waals surface area contributed by atoms with Crippen LogP contribution in [-0.4, -0.2) is 18.3 Å². The molecule has 0 radical (unpaired) electrons. The number of rotatable bonds is 5. The van der Waals surface area contributed by atoms with Crippen LogP contribution in [0.3, 0.4) is 0 Å². The lowest BCUT2D eigenvalue weighted by Gasteiger charge is -2.10. The molecule has 0 spiro atoms. The lowest BCUT2D eigenvalue weighted by atomic mass is 10.1. The summed E-state index contributed by atoms with van der Waals surface area (Å²) in [6, 6.07) is 5.80. The minimum atomic E-state index is -3.01. The number of Topliss-reactive ketones (excluding diaryl/α,β-unsaturated/α-hetero) is 1. The van der Waals surface area contributed by atoms with Gasteiger partial charge in [0.25, 0.3) is 0 Å². The summed E-state index contributed by atoms with van der Waals surface area (Å²) in [6.07, 6.45) is -0.0999. The van der Waals surface area contributed by atoms with Gasteiger partial charge in [-0.1, -0.05) is 6.07 Å². The number of nitriles is 1. The summed E-state index contributed by atoms with van der Waals surface area (Å²) in [5.41, 5.74) is 0.470. The molecule has 0 saturated heterocycles. The first kappa shape index (κ1) is 13.4. The number of hydrogen-bond acceptors (Lipinski definition) is 3. The number of alkyl halides is 3. The van der Waals surface area contributed by atoms with Crippen LogP contribution >= 0.6 is 11.6 Å². The Balaban J connectivity index is 3.02. The largest absolute Gasteiger partial charge is 0.434 e. The van der Waals surface area contributed by atoms with Gasteiger partial charge < -0.3 is 4.74 Å². The van der Waals surface area contributed by atoms with E-state index in [9.17, 15) is 13.6 Å². The van der Waals surface area contributed by atoms with Gasteiger partial charge in [0.2, 0.25) is 0 Å². The Bertz CT molecular complexity index is 457. The van der Waals surface area contributed by atoms with Crippen molar-refractivity contribution < 1.29 is 18.3 Å². The van der Waals surface area contributed by atoms with Crippen molar-refractivity contribution in [2.75, 3.05) is 5.88 Å². The Morgan fingerprint density at radius 2 is 2.24 bits per heavy atom. The van der Waals surface area contributed by atoms with Crippen molar-refractivity contribution in [3.8, 4) is 11.8 Å². The van der Waals surface area contributed by atoms with Gasteiger partial charge in [0.05, 0.1) is 17.5 Å². The lowest BCUT2D eigenvalue weighted by Crippen LogP contribution is -2.09. The van der Waals surface area contributed by atoms with E-state index in [1.54, 1.807) is 6.07 Å². The molecule has 0 fully saturated rings. The summed E-state index contributed by atoms with van der Waals surface area (Å²) in [5, 5.41) is 8.63. The summed E-state index contributed by atoms with van der Waals surface area (Å²) in [6.45, 7) is -3.01. The van der Waals surface area contributed by atoms with Crippen LogP contribution in [0.4, 0.5) is 8.78 Å². The number of halogens is 3. The summed E-state index contributed by atoms with van der Waals surface area (Å²) < 4.78 is 28.5. The van der Waals surface area contributed by atoms with Crippen molar-refractivity contribution in [3.05, 3.63) is 29.3 Å². The molecule has 0 atom stereocenters. The topological polar surface area (TPSA) is 50.1 Å². The van der Waals surface area contributed by atoms with E-state index >= 15 is 0 Å². The summed E-state index contributed by atoms with van der Waals surface area (Å²) in [7, 11) is 0. The van der Waals surface area contributed by atoms with Gasteiger partial charge in [-0.3, -0.25) is 4.79 Å². The smallest absolute Gasteiger partial charge is 0.387 e. The maximum atomic E-state index is 12.1. The maximum absolute atomic E-state index is 12.1. The molecule has 90 valence electrons. The maximum Gasteiger partial charge on any atom is 0.387 e. The molecule has 1 rings (SSSR count). The molecule has 17 heavy (non-hydrogen) atoms. The van der Waals surface area contributed by atoms with Crippen molar-refractivity contribution in [1.29, 1.82) is 5.26 Å². The Labute approximate surface area is 102 Å². The van der Waals surface area contributed by atoms with Crippen LogP contribution in [0, 0.1) is 11.3 Å². The molecule has 0 bridgehead atoms. The quantitative estimate of drug-likeness (QED) is 0.764. The van der Waals surface area contributed by atoms with Crippen molar-refractivity contribution >= 4 is 17.4 Å². The van der Waals surface area contributed by atoms with E-state index in [1.165, 1.54) is 18.2 Å². The molecular formula is C11H8ClF2NO2. The number of carbonyl (C=O) groups excluding carboxylic acids is 1. The lowest BCUT2D eigenvalue weighted by molar-refractivity contribution is -0.116. The molecule has 0 aliphatic rings. The second-order valence-corrected chi connectivity index (χ2v) is 3.43. The Morgan fingerprint density at radius 1 is 1.53 bits per heavy atom. The summed E-state index contributed by atoms with van der Waals surface area (Å²) in [5.74, 6) is -0.679. The van der Waals surface area contributed by atoms with Crippen molar-refractivity contribution in [1.82, 2.24) is 0 Å². The van der Waals surface area contributed by atoms with Crippen LogP contribution in [-0.2, 0) is 11.2 Å². The van der Waals surface area contributed by atoms with E-state index in [-0.39, 0.29) is 35.0 Å². The van der Waals surface area contributed by atoms with Crippen LogP contribution in [0.15, 0.2) is 18.2 Å². The number of hydrogen-bond donors (Lipinski definition) is 0. The molecule has 0 aromatic heterocycles. The minimum Gasteiger partial charge on any atom is -0.434 e. The molecule has 1 aromatic carbocycles. The van der Waals surface area contributed by atoms with E-state index in [0.717, 1.165) is 0 Å². The van der Waals surface area contributed by atoms with E-state index in [1.807, 2.05) is 0 Å². The molecule has 1 aromatic rings. The van der Waals surface area contributed by atoms with E-state index in [4.69, 9.17) is 16.9 Å². The summed E-state index contributed by atoms with van der Waals surface area (Å²) >= 11 is 5.33. The zero-order valence-corrected chi connectivity index (χ0v) is 9.38. The van der Waals surface area contributed by atoms with E-state index in [0.29, 0.717) is 0 Å². The molecule has 0 heterocycles. The Kier molecular flexibility index (Phi) is 4.85. The predicted molar refractivity (Wildman–Crippen MR) is 57.2 cm³/mol. The first-order chi connectivity index (χ1) is 8.06. The third-order valence-corrected chi connectivity index (χ3v) is 2.25. The van der Waals surface area contributed by atoms with Crippen LogP contribution in [0.5, 0.6) is 5.75 Å². The fourth-order valence-electron chi connectivity index (χ4n) is 1.24. The molecule has 0 N–H and O–H groups in total. The van der Waals surface area contributed by atoms with Crippen LogP contribution in [0.1, 0.15) is 11.1 Å². The molecule has 0 aliphatic heterocycles. The number of carbonyl (C=O) groups is 1. The monoisotopic (exact) mass is 259 g/mol. The number of ketones is 1. The Hall–Kier alpha value is -1.67. The second kappa shape index (κ2) is 6.16. The molecule has 6 heteroatoms. The van der Waals surface area contributed by atoms with Crippen LogP contribution in [0.25, 0.3) is 0 Å². The predicted octanol–water partition coefficient (Wildman–Crippen LogP) is 2.51. The van der Waals surface area contributed by atoms with E-state index in [2.05, 4.69) is 4.74 Å². The first-order valence-corrected chi connectivity index (χ1v) is 5.15. The fraction of sp³-hybridized carbons (Fsp3) is 0.273. The number of ether oxygens (including phenoxy) is 1. The van der Waals surface area contributed by atoms with Gasteiger partial charge >= 0.3 is 6.61 Å². The van der Waals surface area contributed by atoms with Gasteiger partial charge in [0, 0.05) is 12.0 Å². The highest BCUT2D eigenvalue weighted by Crippen LogP contribution is 2.23. The van der Waals surface area contributed by atoms with Gasteiger partial charge in [-0.2, -0.15) is 14.0 Å². The van der Waals surface area contributed by atoms with Crippen molar-refractivity contribution in [2.24, 2.45) is 0 Å². The average Bonchev–Trinajstić information content (AvgIpc) is 2.30. The molecule has 0 unspecified atom stereocenters.